The highest BCUT2D eigenvalue weighted by Gasteiger charge is 2.29. The maximum atomic E-state index is 12.6. The molecule has 0 spiro atoms. The molecule has 4 aromatic rings. The van der Waals surface area contributed by atoms with Gasteiger partial charge in [0.15, 0.2) is 5.65 Å². The zero-order valence-electron chi connectivity index (χ0n) is 19.9. The standard InChI is InChI=1S/C27H28N6O2/c1-31(2)15-6-9-25(34)32-16-14-21(18-32)33-27-24(17-28-19-29-27)26(30-33)20-10-12-23(13-11-20)35-22-7-4-3-5-8-22/h3-13,17,19,21H,14-16,18H2,1-2H3/b9-6+/t21-/m1/s1. The number of fused-ring (bicyclic) bond motifs is 1. The van der Waals surface area contributed by atoms with Crippen molar-refractivity contribution in [2.45, 2.75) is 12.5 Å². The summed E-state index contributed by atoms with van der Waals surface area (Å²) in [7, 11) is 3.96. The number of hydrogen-bond acceptors (Lipinski definition) is 6. The molecule has 1 aliphatic heterocycles. The Bertz CT molecular complexity index is 1330. The molecule has 1 amide bonds. The lowest BCUT2D eigenvalue weighted by Gasteiger charge is -2.15. The van der Waals surface area contributed by atoms with Crippen LogP contribution in [0.4, 0.5) is 0 Å². The summed E-state index contributed by atoms with van der Waals surface area (Å²) < 4.78 is 7.88. The van der Waals surface area contributed by atoms with Crippen molar-refractivity contribution in [3.05, 3.63) is 79.3 Å². The van der Waals surface area contributed by atoms with E-state index in [0.717, 1.165) is 46.8 Å². The van der Waals surface area contributed by atoms with E-state index >= 15 is 0 Å². The highest BCUT2D eigenvalue weighted by atomic mass is 16.5. The molecule has 8 heteroatoms. The van der Waals surface area contributed by atoms with E-state index in [4.69, 9.17) is 9.84 Å². The Balaban J connectivity index is 1.37. The first-order valence-corrected chi connectivity index (χ1v) is 11.7. The number of likely N-dealkylation sites (N-methyl/N-ethyl adjacent to an activating group) is 1. The molecule has 0 N–H and O–H groups in total. The fourth-order valence-electron chi connectivity index (χ4n) is 4.27. The minimum absolute atomic E-state index is 0.0367. The average Bonchev–Trinajstić information content (AvgIpc) is 3.50. The van der Waals surface area contributed by atoms with Gasteiger partial charge in [0.25, 0.3) is 0 Å². The van der Waals surface area contributed by atoms with Gasteiger partial charge in [0.05, 0.1) is 11.4 Å². The molecule has 3 heterocycles. The molecule has 0 saturated carbocycles. The Morgan fingerprint density at radius 1 is 1.11 bits per heavy atom. The van der Waals surface area contributed by atoms with E-state index in [1.165, 1.54) is 0 Å². The van der Waals surface area contributed by atoms with Crippen LogP contribution in [0.5, 0.6) is 11.5 Å². The van der Waals surface area contributed by atoms with Gasteiger partial charge in [0.2, 0.25) is 5.91 Å². The first-order valence-electron chi connectivity index (χ1n) is 11.7. The molecule has 0 aliphatic carbocycles. The molecule has 1 saturated heterocycles. The fraction of sp³-hybridized carbons (Fsp3) is 0.259. The van der Waals surface area contributed by atoms with Crippen LogP contribution < -0.4 is 4.74 Å². The zero-order valence-corrected chi connectivity index (χ0v) is 19.9. The van der Waals surface area contributed by atoms with Crippen LogP contribution in [0.25, 0.3) is 22.3 Å². The first-order chi connectivity index (χ1) is 17.1. The molecule has 178 valence electrons. The molecular weight excluding hydrogens is 440 g/mol. The van der Waals surface area contributed by atoms with Crippen LogP contribution in [0, 0.1) is 0 Å². The van der Waals surface area contributed by atoms with E-state index < -0.39 is 0 Å². The first kappa shape index (κ1) is 22.7. The third-order valence-corrected chi connectivity index (χ3v) is 6.03. The SMILES string of the molecule is CN(C)C/C=C/C(=O)N1CC[C@@H](n2nc(-c3ccc(Oc4ccccc4)cc3)c3cncnc32)C1. The highest BCUT2D eigenvalue weighted by molar-refractivity contribution is 5.91. The quantitative estimate of drug-likeness (QED) is 0.379. The average molecular weight is 469 g/mol. The van der Waals surface area contributed by atoms with Gasteiger partial charge in [-0.3, -0.25) is 4.79 Å². The van der Waals surface area contributed by atoms with Gasteiger partial charge in [-0.15, -0.1) is 0 Å². The second kappa shape index (κ2) is 10.1. The van der Waals surface area contributed by atoms with Crippen LogP contribution in [0.15, 0.2) is 79.3 Å². The van der Waals surface area contributed by atoms with Gasteiger partial charge >= 0.3 is 0 Å². The summed E-state index contributed by atoms with van der Waals surface area (Å²) in [6, 6.07) is 17.6. The minimum atomic E-state index is 0.0367. The molecule has 0 radical (unpaired) electrons. The number of amides is 1. The number of aromatic nitrogens is 4. The van der Waals surface area contributed by atoms with Crippen LogP contribution in [-0.4, -0.2) is 69.2 Å². The van der Waals surface area contributed by atoms with Gasteiger partial charge in [-0.2, -0.15) is 5.10 Å². The van der Waals surface area contributed by atoms with Crippen LogP contribution in [0.3, 0.4) is 0 Å². The molecule has 0 unspecified atom stereocenters. The number of carbonyl (C=O) groups is 1. The van der Waals surface area contributed by atoms with Crippen LogP contribution in [-0.2, 0) is 4.79 Å². The Morgan fingerprint density at radius 3 is 2.66 bits per heavy atom. The van der Waals surface area contributed by atoms with Crippen molar-refractivity contribution in [1.29, 1.82) is 0 Å². The molecule has 1 atom stereocenters. The van der Waals surface area contributed by atoms with Gasteiger partial charge in [0.1, 0.15) is 23.5 Å². The Kier molecular flexibility index (Phi) is 6.54. The molecule has 1 fully saturated rings. The van der Waals surface area contributed by atoms with Crippen molar-refractivity contribution in [2.24, 2.45) is 0 Å². The van der Waals surface area contributed by atoms with E-state index in [9.17, 15) is 4.79 Å². The Hall–Kier alpha value is -4.04. The van der Waals surface area contributed by atoms with E-state index in [1.807, 2.05) is 89.3 Å². The molecule has 2 aromatic carbocycles. The summed E-state index contributed by atoms with van der Waals surface area (Å²) >= 11 is 0. The third-order valence-electron chi connectivity index (χ3n) is 6.03. The summed E-state index contributed by atoms with van der Waals surface area (Å²) in [5, 5.41) is 5.83. The summed E-state index contributed by atoms with van der Waals surface area (Å²) in [6.07, 6.45) is 7.74. The monoisotopic (exact) mass is 468 g/mol. The lowest BCUT2D eigenvalue weighted by atomic mass is 10.1. The van der Waals surface area contributed by atoms with Crippen molar-refractivity contribution in [3.8, 4) is 22.8 Å². The van der Waals surface area contributed by atoms with Crippen molar-refractivity contribution in [1.82, 2.24) is 29.5 Å². The predicted octanol–water partition coefficient (Wildman–Crippen LogP) is 4.18. The van der Waals surface area contributed by atoms with Crippen LogP contribution in [0.1, 0.15) is 12.5 Å². The molecular formula is C27H28N6O2. The zero-order chi connectivity index (χ0) is 24.2. The maximum Gasteiger partial charge on any atom is 0.246 e. The van der Waals surface area contributed by atoms with Crippen molar-refractivity contribution in [3.63, 3.8) is 0 Å². The number of carbonyl (C=O) groups excluding carboxylic acids is 1. The Morgan fingerprint density at radius 2 is 1.89 bits per heavy atom. The maximum absolute atomic E-state index is 12.6. The van der Waals surface area contributed by atoms with Gasteiger partial charge in [0, 0.05) is 37.5 Å². The number of ether oxygens (including phenoxy) is 1. The Labute approximate surface area is 204 Å². The molecule has 35 heavy (non-hydrogen) atoms. The van der Waals surface area contributed by atoms with Crippen molar-refractivity contribution >= 4 is 16.9 Å². The van der Waals surface area contributed by atoms with Crippen LogP contribution in [0.2, 0.25) is 0 Å². The van der Waals surface area contributed by atoms with Gasteiger partial charge in [-0.05, 0) is 56.9 Å². The van der Waals surface area contributed by atoms with E-state index in [2.05, 4.69) is 9.97 Å². The summed E-state index contributed by atoms with van der Waals surface area (Å²) in [4.78, 5) is 25.3. The highest BCUT2D eigenvalue weighted by Crippen LogP contribution is 2.32. The number of benzene rings is 2. The molecule has 2 aromatic heterocycles. The van der Waals surface area contributed by atoms with E-state index in [0.29, 0.717) is 13.1 Å². The van der Waals surface area contributed by atoms with Gasteiger partial charge in [-0.1, -0.05) is 24.3 Å². The lowest BCUT2D eigenvalue weighted by molar-refractivity contribution is -0.125. The second-order valence-electron chi connectivity index (χ2n) is 8.88. The predicted molar refractivity (Wildman–Crippen MR) is 135 cm³/mol. The number of hydrogen-bond donors (Lipinski definition) is 0. The summed E-state index contributed by atoms with van der Waals surface area (Å²) in [5.74, 6) is 1.59. The topological polar surface area (TPSA) is 76.4 Å². The lowest BCUT2D eigenvalue weighted by Crippen LogP contribution is -2.28. The van der Waals surface area contributed by atoms with Gasteiger partial charge < -0.3 is 14.5 Å². The van der Waals surface area contributed by atoms with E-state index in [-0.39, 0.29) is 11.9 Å². The van der Waals surface area contributed by atoms with E-state index in [1.54, 1.807) is 18.6 Å². The molecule has 1 aliphatic rings. The molecule has 5 rings (SSSR count). The largest absolute Gasteiger partial charge is 0.457 e. The number of rotatable bonds is 7. The van der Waals surface area contributed by atoms with Gasteiger partial charge in [-0.25, -0.2) is 14.6 Å². The number of likely N-dealkylation sites (tertiary alicyclic amines) is 1. The van der Waals surface area contributed by atoms with Crippen LogP contribution >= 0.6 is 0 Å². The minimum Gasteiger partial charge on any atom is -0.457 e. The van der Waals surface area contributed by atoms with Crippen molar-refractivity contribution < 1.29 is 9.53 Å². The number of para-hydroxylation sites is 1. The molecule has 0 bridgehead atoms. The number of nitrogens with zero attached hydrogens (tertiary/aromatic N) is 6. The molecule has 8 nitrogen and oxygen atoms in total. The van der Waals surface area contributed by atoms with Crippen molar-refractivity contribution in [2.75, 3.05) is 33.7 Å². The third kappa shape index (κ3) is 5.07. The summed E-state index contributed by atoms with van der Waals surface area (Å²) in [5.41, 5.74) is 2.56. The normalized spacial score (nSPS) is 16.0. The summed E-state index contributed by atoms with van der Waals surface area (Å²) in [6.45, 7) is 2.04. The second-order valence-corrected chi connectivity index (χ2v) is 8.88. The smallest absolute Gasteiger partial charge is 0.246 e. The fourth-order valence-corrected chi connectivity index (χ4v) is 4.27.